The number of benzene rings is 2. The standard InChI is InChI=1S/C18H18BrClS/c1-4-10-7-13-14-8-11(5-2)17(19)12(6-3)18(14)21-16(13)9-15(10)20/h7-9H,4-6H2,1-3H3. The van der Waals surface area contributed by atoms with E-state index in [1.807, 2.05) is 11.3 Å². The van der Waals surface area contributed by atoms with Crippen molar-refractivity contribution in [3.8, 4) is 0 Å². The average Bonchev–Trinajstić information content (AvgIpc) is 2.82. The first-order valence-electron chi connectivity index (χ1n) is 7.45. The molecule has 0 saturated carbocycles. The molecule has 1 heterocycles. The second kappa shape index (κ2) is 5.91. The molecule has 1 aromatic heterocycles. The Morgan fingerprint density at radius 2 is 1.62 bits per heavy atom. The van der Waals surface area contributed by atoms with E-state index in [0.717, 1.165) is 24.3 Å². The van der Waals surface area contributed by atoms with Crippen molar-refractivity contribution < 1.29 is 0 Å². The molecule has 3 rings (SSSR count). The molecule has 0 fully saturated rings. The first kappa shape index (κ1) is 15.3. The van der Waals surface area contributed by atoms with Crippen LogP contribution in [0.2, 0.25) is 5.02 Å². The van der Waals surface area contributed by atoms with E-state index in [2.05, 4.69) is 54.9 Å². The minimum atomic E-state index is 0.893. The lowest BCUT2D eigenvalue weighted by Crippen LogP contribution is -1.90. The molecule has 3 heteroatoms. The first-order chi connectivity index (χ1) is 10.1. The molecule has 0 aliphatic carbocycles. The molecular weight excluding hydrogens is 364 g/mol. The number of halogens is 2. The van der Waals surface area contributed by atoms with Crippen molar-refractivity contribution >= 4 is 59.0 Å². The smallest absolute Gasteiger partial charge is 0.0452 e. The van der Waals surface area contributed by atoms with Crippen LogP contribution >= 0.6 is 38.9 Å². The Hall–Kier alpha value is -0.570. The van der Waals surface area contributed by atoms with Crippen molar-refractivity contribution in [2.24, 2.45) is 0 Å². The SMILES string of the molecule is CCc1cc2c(cc1Cl)sc1c(CC)c(Br)c(CC)cc12. The highest BCUT2D eigenvalue weighted by Gasteiger charge is 2.15. The Kier molecular flexibility index (Phi) is 4.31. The van der Waals surface area contributed by atoms with Gasteiger partial charge in [-0.3, -0.25) is 0 Å². The van der Waals surface area contributed by atoms with Crippen LogP contribution in [0, 0.1) is 0 Å². The predicted molar refractivity (Wildman–Crippen MR) is 100 cm³/mol. The highest BCUT2D eigenvalue weighted by molar-refractivity contribution is 9.10. The van der Waals surface area contributed by atoms with E-state index >= 15 is 0 Å². The summed E-state index contributed by atoms with van der Waals surface area (Å²) in [6.45, 7) is 6.61. The molecule has 0 radical (unpaired) electrons. The molecule has 110 valence electrons. The lowest BCUT2D eigenvalue weighted by Gasteiger charge is -2.09. The van der Waals surface area contributed by atoms with Crippen molar-refractivity contribution in [1.29, 1.82) is 0 Å². The Morgan fingerprint density at radius 1 is 0.952 bits per heavy atom. The number of hydrogen-bond acceptors (Lipinski definition) is 1. The molecule has 0 unspecified atom stereocenters. The van der Waals surface area contributed by atoms with Crippen LogP contribution in [0.5, 0.6) is 0 Å². The van der Waals surface area contributed by atoms with Crippen LogP contribution in [0.3, 0.4) is 0 Å². The van der Waals surface area contributed by atoms with Crippen molar-refractivity contribution in [3.05, 3.63) is 44.4 Å². The zero-order valence-electron chi connectivity index (χ0n) is 12.5. The predicted octanol–water partition coefficient (Wildman–Crippen LogP) is 7.16. The largest absolute Gasteiger partial charge is 0.135 e. The topological polar surface area (TPSA) is 0 Å². The van der Waals surface area contributed by atoms with E-state index in [9.17, 15) is 0 Å². The fraction of sp³-hybridized carbons (Fsp3) is 0.333. The number of rotatable bonds is 3. The van der Waals surface area contributed by atoms with Crippen LogP contribution < -0.4 is 0 Å². The Morgan fingerprint density at radius 3 is 2.24 bits per heavy atom. The third-order valence-electron chi connectivity index (χ3n) is 4.15. The molecule has 2 aromatic carbocycles. The van der Waals surface area contributed by atoms with E-state index < -0.39 is 0 Å². The third-order valence-corrected chi connectivity index (χ3v) is 6.72. The van der Waals surface area contributed by atoms with Gasteiger partial charge in [0.2, 0.25) is 0 Å². The maximum atomic E-state index is 6.39. The molecule has 0 nitrogen and oxygen atoms in total. The van der Waals surface area contributed by atoms with Gasteiger partial charge >= 0.3 is 0 Å². The maximum Gasteiger partial charge on any atom is 0.0452 e. The highest BCUT2D eigenvalue weighted by atomic mass is 79.9. The summed E-state index contributed by atoms with van der Waals surface area (Å²) in [4.78, 5) is 0. The van der Waals surface area contributed by atoms with Gasteiger partial charge in [-0.2, -0.15) is 0 Å². The molecule has 0 aliphatic rings. The molecular formula is C18H18BrClS. The van der Waals surface area contributed by atoms with Gasteiger partial charge in [0.1, 0.15) is 0 Å². The molecule has 0 spiro atoms. The summed E-state index contributed by atoms with van der Waals surface area (Å²) >= 11 is 12.1. The van der Waals surface area contributed by atoms with Gasteiger partial charge in [0.25, 0.3) is 0 Å². The van der Waals surface area contributed by atoms with Gasteiger partial charge < -0.3 is 0 Å². The van der Waals surface area contributed by atoms with Crippen LogP contribution in [0.1, 0.15) is 37.5 Å². The normalized spacial score (nSPS) is 11.7. The first-order valence-corrected chi connectivity index (χ1v) is 9.44. The molecule has 0 N–H and O–H groups in total. The molecule has 3 aromatic rings. The van der Waals surface area contributed by atoms with Crippen molar-refractivity contribution in [2.75, 3.05) is 0 Å². The molecule has 0 bridgehead atoms. The highest BCUT2D eigenvalue weighted by Crippen LogP contribution is 2.42. The van der Waals surface area contributed by atoms with E-state index in [-0.39, 0.29) is 0 Å². The quantitative estimate of drug-likeness (QED) is 0.451. The molecule has 0 amide bonds. The zero-order chi connectivity index (χ0) is 15.1. The van der Waals surface area contributed by atoms with Gasteiger partial charge in [-0.1, -0.05) is 48.3 Å². The van der Waals surface area contributed by atoms with Crippen molar-refractivity contribution in [1.82, 2.24) is 0 Å². The van der Waals surface area contributed by atoms with E-state index in [1.54, 1.807) is 0 Å². The van der Waals surface area contributed by atoms with Crippen LogP contribution in [-0.2, 0) is 19.3 Å². The van der Waals surface area contributed by atoms with Crippen LogP contribution in [-0.4, -0.2) is 0 Å². The fourth-order valence-corrected chi connectivity index (χ4v) is 5.62. The fourth-order valence-electron chi connectivity index (χ4n) is 2.92. The van der Waals surface area contributed by atoms with Crippen molar-refractivity contribution in [2.45, 2.75) is 40.0 Å². The third kappa shape index (κ3) is 2.42. The summed E-state index contributed by atoms with van der Waals surface area (Å²) in [5.74, 6) is 0. The van der Waals surface area contributed by atoms with Gasteiger partial charge in [-0.05, 0) is 54.2 Å². The van der Waals surface area contributed by atoms with Gasteiger partial charge in [0, 0.05) is 29.7 Å². The van der Waals surface area contributed by atoms with E-state index in [0.29, 0.717) is 0 Å². The van der Waals surface area contributed by atoms with Gasteiger partial charge in [0.15, 0.2) is 0 Å². The number of thiophene rings is 1. The minimum absolute atomic E-state index is 0.893. The van der Waals surface area contributed by atoms with E-state index in [4.69, 9.17) is 11.6 Å². The second-order valence-corrected chi connectivity index (χ2v) is 7.56. The molecule has 0 aliphatic heterocycles. The summed E-state index contributed by atoms with van der Waals surface area (Å²) in [5, 5.41) is 3.64. The number of hydrogen-bond donors (Lipinski definition) is 0. The summed E-state index contributed by atoms with van der Waals surface area (Å²) in [5.41, 5.74) is 4.06. The lowest BCUT2D eigenvalue weighted by atomic mass is 10.0. The molecule has 21 heavy (non-hydrogen) atoms. The van der Waals surface area contributed by atoms with Crippen molar-refractivity contribution in [3.63, 3.8) is 0 Å². The van der Waals surface area contributed by atoms with Crippen LogP contribution in [0.15, 0.2) is 22.7 Å². The van der Waals surface area contributed by atoms with Gasteiger partial charge in [-0.15, -0.1) is 11.3 Å². The Balaban J connectivity index is 2.47. The number of fused-ring (bicyclic) bond motifs is 3. The van der Waals surface area contributed by atoms with Gasteiger partial charge in [-0.25, -0.2) is 0 Å². The summed E-state index contributed by atoms with van der Waals surface area (Å²) in [6, 6.07) is 6.77. The van der Waals surface area contributed by atoms with Crippen LogP contribution in [0.4, 0.5) is 0 Å². The summed E-state index contributed by atoms with van der Waals surface area (Å²) in [6.07, 6.45) is 3.07. The monoisotopic (exact) mass is 380 g/mol. The summed E-state index contributed by atoms with van der Waals surface area (Å²) < 4.78 is 3.98. The molecule has 0 saturated heterocycles. The Bertz CT molecular complexity index is 832. The molecule has 0 atom stereocenters. The Labute approximate surface area is 143 Å². The minimum Gasteiger partial charge on any atom is -0.135 e. The van der Waals surface area contributed by atoms with E-state index in [1.165, 1.54) is 41.3 Å². The van der Waals surface area contributed by atoms with Crippen LogP contribution in [0.25, 0.3) is 20.2 Å². The summed E-state index contributed by atoms with van der Waals surface area (Å²) in [7, 11) is 0. The average molecular weight is 382 g/mol. The lowest BCUT2D eigenvalue weighted by molar-refractivity contribution is 1.09. The second-order valence-electron chi connectivity index (χ2n) is 5.31. The van der Waals surface area contributed by atoms with Gasteiger partial charge in [0.05, 0.1) is 0 Å². The zero-order valence-corrected chi connectivity index (χ0v) is 15.7. The number of aryl methyl sites for hydroxylation is 3. The maximum absolute atomic E-state index is 6.39.